The zero-order valence-corrected chi connectivity index (χ0v) is 11.0. The second-order valence-electron chi connectivity index (χ2n) is 3.84. The van der Waals surface area contributed by atoms with Crippen LogP contribution in [-0.2, 0) is 4.79 Å². The quantitative estimate of drug-likeness (QED) is 0.871. The third-order valence-electron chi connectivity index (χ3n) is 2.53. The van der Waals surface area contributed by atoms with Gasteiger partial charge in [-0.1, -0.05) is 6.92 Å². The molecule has 0 saturated heterocycles. The highest BCUT2D eigenvalue weighted by molar-refractivity contribution is 7.09. The second kappa shape index (κ2) is 5.77. The first-order valence-electron chi connectivity index (χ1n) is 5.40. The van der Waals surface area contributed by atoms with Gasteiger partial charge >= 0.3 is 5.97 Å². The third-order valence-corrected chi connectivity index (χ3v) is 3.30. The highest BCUT2D eigenvalue weighted by Gasteiger charge is 2.24. The SMILES string of the molecule is CCC(C)N(CC(=O)O)C(=O)c1csc(C)n1. The Hall–Kier alpha value is -1.43. The van der Waals surface area contributed by atoms with Crippen LogP contribution in [0.25, 0.3) is 0 Å². The first kappa shape index (κ1) is 13.6. The average Bonchev–Trinajstić information content (AvgIpc) is 2.70. The van der Waals surface area contributed by atoms with Crippen molar-refractivity contribution in [2.75, 3.05) is 6.54 Å². The summed E-state index contributed by atoms with van der Waals surface area (Å²) in [7, 11) is 0. The molecule has 0 bridgehead atoms. The van der Waals surface area contributed by atoms with Crippen LogP contribution in [0.3, 0.4) is 0 Å². The molecule has 1 unspecified atom stereocenters. The fourth-order valence-corrected chi connectivity index (χ4v) is 1.99. The monoisotopic (exact) mass is 256 g/mol. The van der Waals surface area contributed by atoms with E-state index >= 15 is 0 Å². The third kappa shape index (κ3) is 3.52. The fraction of sp³-hybridized carbons (Fsp3) is 0.545. The lowest BCUT2D eigenvalue weighted by atomic mass is 10.2. The fourth-order valence-electron chi connectivity index (χ4n) is 1.40. The number of aliphatic carboxylic acids is 1. The predicted octanol–water partition coefficient (Wildman–Crippen LogP) is 1.78. The smallest absolute Gasteiger partial charge is 0.323 e. The number of carbonyl (C=O) groups is 2. The van der Waals surface area contributed by atoms with Gasteiger partial charge in [-0.25, -0.2) is 4.98 Å². The van der Waals surface area contributed by atoms with E-state index in [2.05, 4.69) is 4.98 Å². The average molecular weight is 256 g/mol. The van der Waals surface area contributed by atoms with Gasteiger partial charge in [0.1, 0.15) is 12.2 Å². The Morgan fingerprint density at radius 2 is 2.24 bits per heavy atom. The molecule has 1 N–H and O–H groups in total. The van der Waals surface area contributed by atoms with Gasteiger partial charge < -0.3 is 10.0 Å². The molecule has 1 amide bonds. The number of amides is 1. The van der Waals surface area contributed by atoms with Crippen LogP contribution < -0.4 is 0 Å². The summed E-state index contributed by atoms with van der Waals surface area (Å²) in [6.07, 6.45) is 0.710. The van der Waals surface area contributed by atoms with Crippen molar-refractivity contribution in [3.05, 3.63) is 16.1 Å². The Morgan fingerprint density at radius 1 is 1.59 bits per heavy atom. The van der Waals surface area contributed by atoms with Gasteiger partial charge in [0.25, 0.3) is 5.91 Å². The van der Waals surface area contributed by atoms with E-state index in [0.717, 1.165) is 5.01 Å². The largest absolute Gasteiger partial charge is 0.480 e. The molecule has 0 spiro atoms. The van der Waals surface area contributed by atoms with Crippen molar-refractivity contribution < 1.29 is 14.7 Å². The molecule has 1 heterocycles. The molecule has 0 aromatic carbocycles. The van der Waals surface area contributed by atoms with E-state index in [1.54, 1.807) is 5.38 Å². The summed E-state index contributed by atoms with van der Waals surface area (Å²) in [5.41, 5.74) is 0.328. The molecule has 1 rings (SSSR count). The van der Waals surface area contributed by atoms with Crippen molar-refractivity contribution >= 4 is 23.2 Å². The lowest BCUT2D eigenvalue weighted by Crippen LogP contribution is -2.42. The molecule has 0 aliphatic carbocycles. The van der Waals surface area contributed by atoms with E-state index in [0.29, 0.717) is 12.1 Å². The van der Waals surface area contributed by atoms with Crippen LogP contribution in [0.1, 0.15) is 35.8 Å². The molecule has 6 heteroatoms. The van der Waals surface area contributed by atoms with Crippen LogP contribution in [0.2, 0.25) is 0 Å². The molecule has 1 aromatic heterocycles. The summed E-state index contributed by atoms with van der Waals surface area (Å²) in [5, 5.41) is 11.3. The number of rotatable bonds is 5. The lowest BCUT2D eigenvalue weighted by Gasteiger charge is -2.26. The standard InChI is InChI=1S/C11H16N2O3S/c1-4-7(2)13(5-10(14)15)11(16)9-6-17-8(3)12-9/h6-7H,4-5H2,1-3H3,(H,14,15). The zero-order valence-electron chi connectivity index (χ0n) is 10.1. The number of carbonyl (C=O) groups excluding carboxylic acids is 1. The Labute approximate surface area is 104 Å². The van der Waals surface area contributed by atoms with Gasteiger partial charge in [-0.2, -0.15) is 0 Å². The molecule has 1 atom stereocenters. The number of aryl methyl sites for hydroxylation is 1. The van der Waals surface area contributed by atoms with Gasteiger partial charge in [0, 0.05) is 11.4 Å². The van der Waals surface area contributed by atoms with Gasteiger partial charge in [-0.05, 0) is 20.3 Å². The van der Waals surface area contributed by atoms with Crippen LogP contribution in [0, 0.1) is 6.92 Å². The van der Waals surface area contributed by atoms with Gasteiger partial charge in [0.15, 0.2) is 0 Å². The molecule has 0 aliphatic heterocycles. The van der Waals surface area contributed by atoms with E-state index < -0.39 is 5.97 Å². The Morgan fingerprint density at radius 3 is 2.65 bits per heavy atom. The van der Waals surface area contributed by atoms with E-state index in [4.69, 9.17) is 5.11 Å². The maximum atomic E-state index is 12.1. The van der Waals surface area contributed by atoms with E-state index in [9.17, 15) is 9.59 Å². The predicted molar refractivity (Wildman–Crippen MR) is 65.3 cm³/mol. The number of hydrogen-bond donors (Lipinski definition) is 1. The number of hydrogen-bond acceptors (Lipinski definition) is 4. The lowest BCUT2D eigenvalue weighted by molar-refractivity contribution is -0.138. The molecule has 0 saturated carbocycles. The first-order valence-corrected chi connectivity index (χ1v) is 6.28. The summed E-state index contributed by atoms with van der Waals surface area (Å²) in [5.74, 6) is -1.32. The Kier molecular flexibility index (Phi) is 4.62. The highest BCUT2D eigenvalue weighted by Crippen LogP contribution is 2.13. The number of carboxylic acid groups (broad SMARTS) is 1. The molecule has 0 fully saturated rings. The van der Waals surface area contributed by atoms with Gasteiger partial charge in [0.05, 0.1) is 5.01 Å². The molecular formula is C11H16N2O3S. The van der Waals surface area contributed by atoms with Crippen LogP contribution in [0.5, 0.6) is 0 Å². The zero-order chi connectivity index (χ0) is 13.0. The van der Waals surface area contributed by atoms with Gasteiger partial charge in [-0.3, -0.25) is 9.59 Å². The molecule has 1 aromatic rings. The minimum Gasteiger partial charge on any atom is -0.480 e. The van der Waals surface area contributed by atoms with Crippen molar-refractivity contribution in [3.8, 4) is 0 Å². The maximum absolute atomic E-state index is 12.1. The Balaban J connectivity index is 2.89. The number of thiazole rings is 1. The maximum Gasteiger partial charge on any atom is 0.323 e. The molecule has 5 nitrogen and oxygen atoms in total. The molecule has 94 valence electrons. The van der Waals surface area contributed by atoms with Crippen LogP contribution in [0.15, 0.2) is 5.38 Å². The summed E-state index contributed by atoms with van der Waals surface area (Å²) in [6, 6.07) is -0.111. The number of carboxylic acids is 1. The summed E-state index contributed by atoms with van der Waals surface area (Å²) < 4.78 is 0. The molecule has 0 radical (unpaired) electrons. The summed E-state index contributed by atoms with van der Waals surface area (Å²) in [6.45, 7) is 5.27. The minimum absolute atomic E-state index is 0.111. The minimum atomic E-state index is -1.01. The van der Waals surface area contributed by atoms with E-state index in [1.807, 2.05) is 20.8 Å². The van der Waals surface area contributed by atoms with Crippen LogP contribution in [-0.4, -0.2) is 39.5 Å². The van der Waals surface area contributed by atoms with Crippen molar-refractivity contribution in [2.45, 2.75) is 33.2 Å². The van der Waals surface area contributed by atoms with Gasteiger partial charge in [-0.15, -0.1) is 11.3 Å². The molecular weight excluding hydrogens is 240 g/mol. The highest BCUT2D eigenvalue weighted by atomic mass is 32.1. The van der Waals surface area contributed by atoms with Crippen LogP contribution >= 0.6 is 11.3 Å². The van der Waals surface area contributed by atoms with Gasteiger partial charge in [0.2, 0.25) is 0 Å². The number of nitrogens with zero attached hydrogens (tertiary/aromatic N) is 2. The first-order chi connectivity index (χ1) is 7.95. The van der Waals surface area contributed by atoms with Crippen molar-refractivity contribution in [2.24, 2.45) is 0 Å². The Bertz CT molecular complexity index is 417. The normalized spacial score (nSPS) is 12.2. The van der Waals surface area contributed by atoms with E-state index in [-0.39, 0.29) is 18.5 Å². The van der Waals surface area contributed by atoms with Crippen molar-refractivity contribution in [1.29, 1.82) is 0 Å². The molecule has 0 aliphatic rings. The van der Waals surface area contributed by atoms with Crippen LogP contribution in [0.4, 0.5) is 0 Å². The molecule has 17 heavy (non-hydrogen) atoms. The summed E-state index contributed by atoms with van der Waals surface area (Å²) >= 11 is 1.38. The van der Waals surface area contributed by atoms with Crippen molar-refractivity contribution in [1.82, 2.24) is 9.88 Å². The summed E-state index contributed by atoms with van der Waals surface area (Å²) in [4.78, 5) is 28.3. The topological polar surface area (TPSA) is 70.5 Å². The van der Waals surface area contributed by atoms with E-state index in [1.165, 1.54) is 16.2 Å². The second-order valence-corrected chi connectivity index (χ2v) is 4.90. The van der Waals surface area contributed by atoms with Crippen molar-refractivity contribution in [3.63, 3.8) is 0 Å². The number of aromatic nitrogens is 1.